The van der Waals surface area contributed by atoms with Crippen LogP contribution in [0.1, 0.15) is 45.1 Å². The van der Waals surface area contributed by atoms with Gasteiger partial charge in [-0.05, 0) is 36.8 Å². The molecule has 1 unspecified atom stereocenters. The van der Waals surface area contributed by atoms with Crippen LogP contribution in [0.3, 0.4) is 0 Å². The summed E-state index contributed by atoms with van der Waals surface area (Å²) in [5.74, 6) is 0.891. The third-order valence-corrected chi connectivity index (χ3v) is 3.91. The summed E-state index contributed by atoms with van der Waals surface area (Å²) >= 11 is 0. The normalized spacial score (nSPS) is 19.3. The number of benzene rings is 1. The third-order valence-electron chi connectivity index (χ3n) is 3.91. The van der Waals surface area contributed by atoms with E-state index in [4.69, 9.17) is 0 Å². The first-order valence-corrected chi connectivity index (χ1v) is 6.68. The molecule has 2 rings (SSSR count). The summed E-state index contributed by atoms with van der Waals surface area (Å²) in [7, 11) is 0. The van der Waals surface area contributed by atoms with Crippen LogP contribution in [0.5, 0.6) is 0 Å². The van der Waals surface area contributed by atoms with Gasteiger partial charge in [-0.1, -0.05) is 44.9 Å². The van der Waals surface area contributed by atoms with Gasteiger partial charge in [0.05, 0.1) is 0 Å². The average molecular weight is 217 g/mol. The summed E-state index contributed by atoms with van der Waals surface area (Å²) in [6.45, 7) is 4.62. The second-order valence-electron chi connectivity index (χ2n) is 4.96. The number of nitrogens with one attached hydrogen (secondary N) is 1. The number of fused-ring (bicyclic) bond motifs is 1. The minimum atomic E-state index is 0.694. The lowest BCUT2D eigenvalue weighted by Crippen LogP contribution is -2.27. The molecule has 0 fully saturated rings. The maximum absolute atomic E-state index is 3.70. The van der Waals surface area contributed by atoms with Gasteiger partial charge in [-0.15, -0.1) is 0 Å². The van der Waals surface area contributed by atoms with Crippen molar-refractivity contribution in [1.82, 2.24) is 0 Å². The fourth-order valence-electron chi connectivity index (χ4n) is 2.70. The molecule has 1 heterocycles. The lowest BCUT2D eigenvalue weighted by atomic mass is 9.89. The highest BCUT2D eigenvalue weighted by Gasteiger charge is 2.19. The Kier molecular flexibility index (Phi) is 3.87. The summed E-state index contributed by atoms with van der Waals surface area (Å²) in [6, 6.07) is 9.43. The Hall–Kier alpha value is -0.980. The van der Waals surface area contributed by atoms with Crippen molar-refractivity contribution in [2.24, 2.45) is 5.92 Å². The average Bonchev–Trinajstić information content (AvgIpc) is 2.35. The first kappa shape index (κ1) is 11.5. The van der Waals surface area contributed by atoms with Crippen LogP contribution in [0.15, 0.2) is 24.3 Å². The zero-order valence-electron chi connectivity index (χ0n) is 10.5. The molecule has 0 bridgehead atoms. The van der Waals surface area contributed by atoms with Crippen molar-refractivity contribution in [2.75, 3.05) is 5.32 Å². The minimum absolute atomic E-state index is 0.694. The molecule has 88 valence electrons. The quantitative estimate of drug-likeness (QED) is 0.795. The Labute approximate surface area is 99.3 Å². The maximum atomic E-state index is 3.70. The van der Waals surface area contributed by atoms with Gasteiger partial charge in [0.25, 0.3) is 0 Å². The van der Waals surface area contributed by atoms with Crippen LogP contribution >= 0.6 is 0 Å². The highest BCUT2D eigenvalue weighted by Crippen LogP contribution is 2.28. The predicted molar refractivity (Wildman–Crippen MR) is 70.9 cm³/mol. The summed E-state index contributed by atoms with van der Waals surface area (Å²) in [5, 5.41) is 3.70. The molecular formula is C15H23N. The fourth-order valence-corrected chi connectivity index (χ4v) is 2.70. The number of anilines is 1. The summed E-state index contributed by atoms with van der Waals surface area (Å²) in [6.07, 6.45) is 6.51. The highest BCUT2D eigenvalue weighted by molar-refractivity contribution is 5.53. The largest absolute Gasteiger partial charge is 0.382 e. The molecule has 1 aromatic carbocycles. The van der Waals surface area contributed by atoms with Crippen LogP contribution in [0.25, 0.3) is 0 Å². The molecule has 1 atom stereocenters. The zero-order valence-corrected chi connectivity index (χ0v) is 10.5. The second-order valence-corrected chi connectivity index (χ2v) is 4.96. The molecule has 1 N–H and O–H groups in total. The molecule has 0 saturated carbocycles. The van der Waals surface area contributed by atoms with Crippen molar-refractivity contribution >= 4 is 5.69 Å². The maximum Gasteiger partial charge on any atom is 0.0374 e. The van der Waals surface area contributed by atoms with E-state index in [1.165, 1.54) is 43.4 Å². The highest BCUT2D eigenvalue weighted by atomic mass is 14.9. The summed E-state index contributed by atoms with van der Waals surface area (Å²) < 4.78 is 0. The molecule has 1 aromatic rings. The Morgan fingerprint density at radius 3 is 2.75 bits per heavy atom. The molecule has 1 aliphatic rings. The van der Waals surface area contributed by atoms with Gasteiger partial charge >= 0.3 is 0 Å². The fraction of sp³-hybridized carbons (Fsp3) is 0.600. The van der Waals surface area contributed by atoms with E-state index in [0.717, 1.165) is 5.92 Å². The molecule has 0 aliphatic carbocycles. The van der Waals surface area contributed by atoms with Gasteiger partial charge < -0.3 is 5.32 Å². The van der Waals surface area contributed by atoms with Crippen LogP contribution in [0, 0.1) is 5.92 Å². The third kappa shape index (κ3) is 2.58. The first-order valence-electron chi connectivity index (χ1n) is 6.68. The molecule has 1 heteroatoms. The van der Waals surface area contributed by atoms with Crippen LogP contribution in [-0.4, -0.2) is 6.04 Å². The van der Waals surface area contributed by atoms with E-state index in [2.05, 4.69) is 43.4 Å². The van der Waals surface area contributed by atoms with E-state index in [1.807, 2.05) is 0 Å². The van der Waals surface area contributed by atoms with Gasteiger partial charge in [0, 0.05) is 11.7 Å². The van der Waals surface area contributed by atoms with Gasteiger partial charge in [-0.3, -0.25) is 0 Å². The molecule has 0 amide bonds. The van der Waals surface area contributed by atoms with E-state index < -0.39 is 0 Å². The minimum Gasteiger partial charge on any atom is -0.382 e. The Morgan fingerprint density at radius 2 is 2.00 bits per heavy atom. The molecule has 0 spiro atoms. The van der Waals surface area contributed by atoms with Crippen molar-refractivity contribution in [3.05, 3.63) is 29.8 Å². The standard InChI is InChI=1S/C15H23N/c1-3-12(4-2)11-14-10-9-13-7-5-6-8-15(13)16-14/h5-8,12,14,16H,3-4,9-11H2,1-2H3. The number of hydrogen-bond acceptors (Lipinski definition) is 1. The SMILES string of the molecule is CCC(CC)CC1CCc2ccccc2N1. The van der Waals surface area contributed by atoms with E-state index in [9.17, 15) is 0 Å². The van der Waals surface area contributed by atoms with Crippen molar-refractivity contribution in [2.45, 2.75) is 52.0 Å². The molecule has 1 nitrogen and oxygen atoms in total. The Morgan fingerprint density at radius 1 is 1.25 bits per heavy atom. The summed E-state index contributed by atoms with van der Waals surface area (Å²) in [4.78, 5) is 0. The van der Waals surface area contributed by atoms with Crippen molar-refractivity contribution < 1.29 is 0 Å². The summed E-state index contributed by atoms with van der Waals surface area (Å²) in [5.41, 5.74) is 2.85. The van der Waals surface area contributed by atoms with Gasteiger partial charge in [0.2, 0.25) is 0 Å². The molecule has 0 radical (unpaired) electrons. The molecule has 0 saturated heterocycles. The number of rotatable bonds is 4. The van der Waals surface area contributed by atoms with Crippen molar-refractivity contribution in [1.29, 1.82) is 0 Å². The lowest BCUT2D eigenvalue weighted by Gasteiger charge is -2.29. The van der Waals surface area contributed by atoms with Crippen molar-refractivity contribution in [3.63, 3.8) is 0 Å². The van der Waals surface area contributed by atoms with Crippen LogP contribution in [0.2, 0.25) is 0 Å². The van der Waals surface area contributed by atoms with E-state index in [-0.39, 0.29) is 0 Å². The Balaban J connectivity index is 1.97. The van der Waals surface area contributed by atoms with Crippen molar-refractivity contribution in [3.8, 4) is 0 Å². The smallest absolute Gasteiger partial charge is 0.0374 e. The number of aryl methyl sites for hydroxylation is 1. The molecular weight excluding hydrogens is 194 g/mol. The van der Waals surface area contributed by atoms with E-state index in [1.54, 1.807) is 0 Å². The van der Waals surface area contributed by atoms with Gasteiger partial charge in [-0.2, -0.15) is 0 Å². The number of para-hydroxylation sites is 1. The topological polar surface area (TPSA) is 12.0 Å². The van der Waals surface area contributed by atoms with Crippen LogP contribution in [-0.2, 0) is 6.42 Å². The van der Waals surface area contributed by atoms with E-state index in [0.29, 0.717) is 6.04 Å². The monoisotopic (exact) mass is 217 g/mol. The predicted octanol–water partition coefficient (Wildman–Crippen LogP) is 4.24. The lowest BCUT2D eigenvalue weighted by molar-refractivity contribution is 0.406. The van der Waals surface area contributed by atoms with Crippen LogP contribution < -0.4 is 5.32 Å². The molecule has 0 aromatic heterocycles. The van der Waals surface area contributed by atoms with Gasteiger partial charge in [0.15, 0.2) is 0 Å². The van der Waals surface area contributed by atoms with E-state index >= 15 is 0 Å². The molecule has 16 heavy (non-hydrogen) atoms. The zero-order chi connectivity index (χ0) is 11.4. The first-order chi connectivity index (χ1) is 7.83. The van der Waals surface area contributed by atoms with Crippen LogP contribution in [0.4, 0.5) is 5.69 Å². The second kappa shape index (κ2) is 5.38. The van der Waals surface area contributed by atoms with Gasteiger partial charge in [0.1, 0.15) is 0 Å². The number of hydrogen-bond donors (Lipinski definition) is 1. The molecule has 1 aliphatic heterocycles. The van der Waals surface area contributed by atoms with Gasteiger partial charge in [-0.25, -0.2) is 0 Å². The Bertz CT molecular complexity index is 328.